The Morgan fingerprint density at radius 1 is 1.47 bits per heavy atom. The Bertz CT molecular complexity index is 512. The van der Waals surface area contributed by atoms with Crippen molar-refractivity contribution < 1.29 is 14.3 Å². The van der Waals surface area contributed by atoms with E-state index in [0.29, 0.717) is 6.61 Å². The van der Waals surface area contributed by atoms with Gasteiger partial charge in [-0.3, -0.25) is 9.79 Å². The average Bonchev–Trinajstić information content (AvgIpc) is 2.37. The molecule has 2 heterocycles. The average molecular weight is 249 g/mol. The van der Waals surface area contributed by atoms with Gasteiger partial charge in [-0.05, 0) is 18.2 Å². The van der Waals surface area contributed by atoms with Crippen LogP contribution in [0, 0.1) is 0 Å². The van der Waals surface area contributed by atoms with Crippen molar-refractivity contribution in [3.8, 4) is 5.75 Å². The minimum Gasteiger partial charge on any atom is -0.497 e. The third-order valence-corrected chi connectivity index (χ3v) is 4.12. The van der Waals surface area contributed by atoms with E-state index in [0.717, 1.165) is 22.0 Å². The van der Waals surface area contributed by atoms with Crippen LogP contribution in [0.5, 0.6) is 5.75 Å². The molecule has 0 aromatic heterocycles. The van der Waals surface area contributed by atoms with E-state index in [1.807, 2.05) is 18.2 Å². The first kappa shape index (κ1) is 10.8. The van der Waals surface area contributed by atoms with Crippen molar-refractivity contribution in [1.29, 1.82) is 0 Å². The Kier molecular flexibility index (Phi) is 2.64. The third kappa shape index (κ3) is 1.85. The van der Waals surface area contributed by atoms with Gasteiger partial charge in [-0.15, -0.1) is 11.8 Å². The van der Waals surface area contributed by atoms with Crippen LogP contribution >= 0.6 is 11.8 Å². The predicted octanol–water partition coefficient (Wildman–Crippen LogP) is 1.84. The molecular formula is C12H11NO3S. The summed E-state index contributed by atoms with van der Waals surface area (Å²) in [6, 6.07) is 5.70. The summed E-state index contributed by atoms with van der Waals surface area (Å²) in [6.07, 6.45) is 0. The lowest BCUT2D eigenvalue weighted by Crippen LogP contribution is -2.39. The Balaban J connectivity index is 2.02. The molecule has 1 aromatic carbocycles. The van der Waals surface area contributed by atoms with Gasteiger partial charge in [-0.25, -0.2) is 0 Å². The molecule has 1 atom stereocenters. The highest BCUT2D eigenvalue weighted by molar-refractivity contribution is 8.01. The van der Waals surface area contributed by atoms with Crippen molar-refractivity contribution in [1.82, 2.24) is 0 Å². The number of carbonyl (C=O) groups is 1. The maximum Gasteiger partial charge on any atom is 0.177 e. The van der Waals surface area contributed by atoms with Crippen molar-refractivity contribution in [3.63, 3.8) is 0 Å². The van der Waals surface area contributed by atoms with Crippen LogP contribution in [0.2, 0.25) is 0 Å². The van der Waals surface area contributed by atoms with E-state index in [1.165, 1.54) is 11.8 Å². The second-order valence-corrected chi connectivity index (χ2v) is 5.04. The van der Waals surface area contributed by atoms with Gasteiger partial charge in [0.2, 0.25) is 0 Å². The second kappa shape index (κ2) is 4.16. The summed E-state index contributed by atoms with van der Waals surface area (Å²) in [5.74, 6) is 0.878. The third-order valence-electron chi connectivity index (χ3n) is 2.77. The van der Waals surface area contributed by atoms with E-state index in [2.05, 4.69) is 4.99 Å². The first-order chi connectivity index (χ1) is 8.28. The second-order valence-electron chi connectivity index (χ2n) is 3.89. The monoisotopic (exact) mass is 249 g/mol. The Hall–Kier alpha value is -1.33. The van der Waals surface area contributed by atoms with E-state index in [9.17, 15) is 4.79 Å². The van der Waals surface area contributed by atoms with Crippen LogP contribution in [0.4, 0.5) is 5.69 Å². The lowest BCUT2D eigenvalue weighted by molar-refractivity contribution is -0.122. The normalized spacial score (nSPS) is 22.5. The molecule has 1 saturated heterocycles. The maximum absolute atomic E-state index is 11.7. The topological polar surface area (TPSA) is 47.9 Å². The highest BCUT2D eigenvalue weighted by atomic mass is 32.2. The first-order valence-electron chi connectivity index (χ1n) is 5.30. The van der Waals surface area contributed by atoms with Gasteiger partial charge in [-0.1, -0.05) is 0 Å². The Morgan fingerprint density at radius 2 is 2.35 bits per heavy atom. The Morgan fingerprint density at radius 3 is 3.18 bits per heavy atom. The van der Waals surface area contributed by atoms with Gasteiger partial charge in [0.25, 0.3) is 0 Å². The number of nitrogens with zero attached hydrogens (tertiary/aromatic N) is 1. The first-order valence-corrected chi connectivity index (χ1v) is 6.18. The minimum atomic E-state index is -0.177. The summed E-state index contributed by atoms with van der Waals surface area (Å²) in [7, 11) is 1.63. The molecule has 0 radical (unpaired) electrons. The molecule has 1 unspecified atom stereocenters. The number of benzene rings is 1. The van der Waals surface area contributed by atoms with Gasteiger partial charge in [0.05, 0.1) is 25.1 Å². The van der Waals surface area contributed by atoms with E-state index in [1.54, 1.807) is 7.11 Å². The number of thioether (sulfide) groups is 1. The quantitative estimate of drug-likeness (QED) is 0.762. The zero-order valence-electron chi connectivity index (χ0n) is 9.30. The lowest BCUT2D eigenvalue weighted by Gasteiger charge is -2.27. The predicted molar refractivity (Wildman–Crippen MR) is 65.6 cm³/mol. The summed E-state index contributed by atoms with van der Waals surface area (Å²) < 4.78 is 10.4. The van der Waals surface area contributed by atoms with Gasteiger partial charge >= 0.3 is 0 Å². The smallest absolute Gasteiger partial charge is 0.177 e. The number of aliphatic imine (C=N–C) groups is 1. The van der Waals surface area contributed by atoms with Gasteiger partial charge in [0.15, 0.2) is 5.78 Å². The van der Waals surface area contributed by atoms with Gasteiger partial charge in [0, 0.05) is 4.90 Å². The molecule has 2 aliphatic heterocycles. The fraction of sp³-hybridized carbons (Fsp3) is 0.333. The molecule has 1 aromatic rings. The molecule has 0 bridgehead atoms. The molecule has 2 aliphatic rings. The molecule has 0 N–H and O–H groups in total. The SMILES string of the molecule is COc1ccc2c(c1)SC1C(=O)COCC1=N2. The van der Waals surface area contributed by atoms with Gasteiger partial charge in [0.1, 0.15) is 17.6 Å². The van der Waals surface area contributed by atoms with E-state index < -0.39 is 0 Å². The molecule has 0 spiro atoms. The van der Waals surface area contributed by atoms with Crippen molar-refractivity contribution in [2.24, 2.45) is 4.99 Å². The van der Waals surface area contributed by atoms with Crippen molar-refractivity contribution in [2.75, 3.05) is 20.3 Å². The number of hydrogen-bond donors (Lipinski definition) is 0. The molecule has 17 heavy (non-hydrogen) atoms. The summed E-state index contributed by atoms with van der Waals surface area (Å²) in [6.45, 7) is 0.644. The van der Waals surface area contributed by atoms with Crippen molar-refractivity contribution >= 4 is 28.9 Å². The zero-order valence-corrected chi connectivity index (χ0v) is 10.1. The number of rotatable bonds is 1. The number of fused-ring (bicyclic) bond motifs is 2. The number of Topliss-reactive ketones (excluding diaryl/α,β-unsaturated/α-hetero) is 1. The standard InChI is InChI=1S/C12H11NO3S/c1-15-7-2-3-8-11(4-7)17-12-9(13-8)5-16-6-10(12)14/h2-4,12H,5-6H2,1H3. The number of carbonyl (C=O) groups excluding carboxylic acids is 1. The number of ketones is 1. The molecule has 0 saturated carbocycles. The fourth-order valence-electron chi connectivity index (χ4n) is 1.91. The van der Waals surface area contributed by atoms with E-state index in [-0.39, 0.29) is 17.6 Å². The number of methoxy groups -OCH3 is 1. The summed E-state index contributed by atoms with van der Waals surface area (Å²) in [5, 5.41) is -0.177. The van der Waals surface area contributed by atoms with Gasteiger partial charge < -0.3 is 9.47 Å². The minimum absolute atomic E-state index is 0.0912. The lowest BCUT2D eigenvalue weighted by atomic mass is 10.1. The van der Waals surface area contributed by atoms with Crippen LogP contribution < -0.4 is 4.74 Å². The summed E-state index contributed by atoms with van der Waals surface area (Å²) >= 11 is 1.54. The van der Waals surface area contributed by atoms with Crippen LogP contribution in [0.3, 0.4) is 0 Å². The Labute approximate surface area is 103 Å². The zero-order chi connectivity index (χ0) is 11.8. The molecule has 88 valence electrons. The summed E-state index contributed by atoms with van der Waals surface area (Å²) in [5.41, 5.74) is 1.71. The van der Waals surface area contributed by atoms with Crippen molar-refractivity contribution in [3.05, 3.63) is 18.2 Å². The van der Waals surface area contributed by atoms with Gasteiger partial charge in [-0.2, -0.15) is 0 Å². The molecule has 3 rings (SSSR count). The van der Waals surface area contributed by atoms with Crippen molar-refractivity contribution in [2.45, 2.75) is 10.1 Å². The van der Waals surface area contributed by atoms with Crippen LogP contribution in [0.15, 0.2) is 28.1 Å². The molecular weight excluding hydrogens is 238 g/mol. The van der Waals surface area contributed by atoms with Crippen LogP contribution in [0.25, 0.3) is 0 Å². The van der Waals surface area contributed by atoms with Crippen LogP contribution in [0.1, 0.15) is 0 Å². The summed E-state index contributed by atoms with van der Waals surface area (Å²) in [4.78, 5) is 17.2. The number of ether oxygens (including phenoxy) is 2. The highest BCUT2D eigenvalue weighted by Crippen LogP contribution is 2.41. The fourth-order valence-corrected chi connectivity index (χ4v) is 3.04. The highest BCUT2D eigenvalue weighted by Gasteiger charge is 2.33. The van der Waals surface area contributed by atoms with Crippen LogP contribution in [-0.4, -0.2) is 37.1 Å². The van der Waals surface area contributed by atoms with E-state index in [4.69, 9.17) is 9.47 Å². The number of hydrogen-bond acceptors (Lipinski definition) is 5. The van der Waals surface area contributed by atoms with E-state index >= 15 is 0 Å². The molecule has 4 nitrogen and oxygen atoms in total. The van der Waals surface area contributed by atoms with Crippen LogP contribution in [-0.2, 0) is 9.53 Å². The molecule has 0 amide bonds. The molecule has 5 heteroatoms. The molecule has 1 fully saturated rings. The molecule has 0 aliphatic carbocycles. The largest absolute Gasteiger partial charge is 0.497 e. The maximum atomic E-state index is 11.7.